The van der Waals surface area contributed by atoms with Gasteiger partial charge in [0.05, 0.1) is 0 Å². The molecule has 0 heterocycles. The van der Waals surface area contributed by atoms with Crippen LogP contribution >= 0.6 is 0 Å². The summed E-state index contributed by atoms with van der Waals surface area (Å²) in [5.41, 5.74) is 0. The minimum absolute atomic E-state index is 0.113. The Balaban J connectivity index is 4.52. The van der Waals surface area contributed by atoms with Crippen LogP contribution in [0.5, 0.6) is 0 Å². The van der Waals surface area contributed by atoms with E-state index in [1.165, 1.54) is 57.8 Å². The van der Waals surface area contributed by atoms with Crippen LogP contribution in [-0.4, -0.2) is 37.2 Å². The SMILES string of the molecule is CC/C=C/C=C/C=C/C=C/CCCCCC(=O)OCC(COC(=O)CCCCC/C=C/C/C=C/C/C=C/C/C=C/CC)OC(=O)CCCCCCC/C=C/CCCCCCCCC. The number of carbonyl (C=O) groups excluding carboxylic acids is 3. The molecule has 1 atom stereocenters. The highest BCUT2D eigenvalue weighted by Crippen LogP contribution is 2.13. The summed E-state index contributed by atoms with van der Waals surface area (Å²) in [5.74, 6) is -0.995. The Morgan fingerprint density at radius 1 is 0.349 bits per heavy atom. The summed E-state index contributed by atoms with van der Waals surface area (Å²) >= 11 is 0. The van der Waals surface area contributed by atoms with Gasteiger partial charge in [0.25, 0.3) is 0 Å². The second kappa shape index (κ2) is 50.7. The Morgan fingerprint density at radius 3 is 1.19 bits per heavy atom. The van der Waals surface area contributed by atoms with Gasteiger partial charge in [0.1, 0.15) is 13.2 Å². The van der Waals surface area contributed by atoms with Crippen LogP contribution in [-0.2, 0) is 28.6 Å². The molecule has 356 valence electrons. The van der Waals surface area contributed by atoms with Crippen molar-refractivity contribution in [3.8, 4) is 0 Å². The molecule has 1 unspecified atom stereocenters. The number of ether oxygens (including phenoxy) is 3. The van der Waals surface area contributed by atoms with E-state index in [9.17, 15) is 14.4 Å². The third kappa shape index (κ3) is 49.0. The number of esters is 3. The summed E-state index contributed by atoms with van der Waals surface area (Å²) in [6.45, 7) is 6.30. The molecule has 0 bridgehead atoms. The van der Waals surface area contributed by atoms with Crippen LogP contribution in [0.1, 0.15) is 213 Å². The molecule has 0 fully saturated rings. The van der Waals surface area contributed by atoms with Crippen LogP contribution in [0.25, 0.3) is 0 Å². The van der Waals surface area contributed by atoms with Gasteiger partial charge in [-0.1, -0.05) is 201 Å². The van der Waals surface area contributed by atoms with Crippen molar-refractivity contribution in [1.82, 2.24) is 0 Å². The molecular formula is C57H92O6. The van der Waals surface area contributed by atoms with Gasteiger partial charge in [-0.25, -0.2) is 0 Å². The van der Waals surface area contributed by atoms with Gasteiger partial charge in [-0.3, -0.25) is 14.4 Å². The van der Waals surface area contributed by atoms with E-state index in [-0.39, 0.29) is 31.1 Å². The first-order chi connectivity index (χ1) is 31.0. The second-order valence-corrected chi connectivity index (χ2v) is 16.4. The average molecular weight is 873 g/mol. The first kappa shape index (κ1) is 59.1. The average Bonchev–Trinajstić information content (AvgIpc) is 3.28. The van der Waals surface area contributed by atoms with E-state index in [0.717, 1.165) is 116 Å². The van der Waals surface area contributed by atoms with Crippen LogP contribution in [0.15, 0.2) is 109 Å². The molecule has 63 heavy (non-hydrogen) atoms. The van der Waals surface area contributed by atoms with Crippen LogP contribution < -0.4 is 0 Å². The molecule has 0 aromatic heterocycles. The highest BCUT2D eigenvalue weighted by atomic mass is 16.6. The lowest BCUT2D eigenvalue weighted by molar-refractivity contribution is -0.167. The van der Waals surface area contributed by atoms with Crippen molar-refractivity contribution in [2.24, 2.45) is 0 Å². The smallest absolute Gasteiger partial charge is 0.306 e. The van der Waals surface area contributed by atoms with Crippen molar-refractivity contribution in [3.05, 3.63) is 109 Å². The van der Waals surface area contributed by atoms with E-state index in [2.05, 4.69) is 93.7 Å². The van der Waals surface area contributed by atoms with Gasteiger partial charge in [-0.05, 0) is 103 Å². The number of hydrogen-bond acceptors (Lipinski definition) is 6. The van der Waals surface area contributed by atoms with Crippen molar-refractivity contribution in [2.45, 2.75) is 219 Å². The van der Waals surface area contributed by atoms with Crippen LogP contribution in [0, 0.1) is 0 Å². The number of unbranched alkanes of at least 4 members (excludes halogenated alkanes) is 18. The van der Waals surface area contributed by atoms with E-state index in [1.807, 2.05) is 36.5 Å². The van der Waals surface area contributed by atoms with Gasteiger partial charge in [0.2, 0.25) is 0 Å². The van der Waals surface area contributed by atoms with Crippen molar-refractivity contribution in [2.75, 3.05) is 13.2 Å². The number of carbonyl (C=O) groups is 3. The fraction of sp³-hybridized carbons (Fsp3) is 0.632. The fourth-order valence-corrected chi connectivity index (χ4v) is 6.55. The minimum atomic E-state index is -0.813. The largest absolute Gasteiger partial charge is 0.462 e. The molecule has 0 N–H and O–H groups in total. The van der Waals surface area contributed by atoms with Gasteiger partial charge < -0.3 is 14.2 Å². The lowest BCUT2D eigenvalue weighted by atomic mass is 10.1. The highest BCUT2D eigenvalue weighted by Gasteiger charge is 2.19. The molecule has 6 nitrogen and oxygen atoms in total. The normalized spacial score (nSPS) is 13.0. The maximum atomic E-state index is 12.8. The molecule has 6 heteroatoms. The van der Waals surface area contributed by atoms with Crippen molar-refractivity contribution in [1.29, 1.82) is 0 Å². The summed E-state index contributed by atoms with van der Waals surface area (Å²) in [6, 6.07) is 0. The van der Waals surface area contributed by atoms with Crippen molar-refractivity contribution < 1.29 is 28.6 Å². The predicted molar refractivity (Wildman–Crippen MR) is 270 cm³/mol. The molecule has 0 rings (SSSR count). The van der Waals surface area contributed by atoms with Crippen LogP contribution in [0.4, 0.5) is 0 Å². The summed E-state index contributed by atoms with van der Waals surface area (Å²) in [4.78, 5) is 37.9. The Morgan fingerprint density at radius 2 is 0.698 bits per heavy atom. The lowest BCUT2D eigenvalue weighted by Crippen LogP contribution is -2.30. The quantitative estimate of drug-likeness (QED) is 0.0199. The predicted octanol–water partition coefficient (Wildman–Crippen LogP) is 16.8. The molecule has 0 radical (unpaired) electrons. The standard InChI is InChI=1S/C57H92O6/c1-4-7-10-13-16-19-22-25-27-29-32-35-38-41-44-47-50-56(59)62-53-54(52-61-55(58)49-46-43-40-37-34-31-24-21-18-15-12-9-6-3)63-57(60)51-48-45-42-39-36-33-30-28-26-23-20-17-14-11-8-5-2/h7,9-10,12,15-16,18-19,21,24-25,27-28,30-32,34-35,54H,4-6,8,11,13-14,17,20,22-23,26,29,33,36-53H2,1-3H3/b10-7+,12-9+,18-15+,19-16+,24-21+,27-25+,30-28+,34-31+,35-32+. The molecule has 0 amide bonds. The summed E-state index contributed by atoms with van der Waals surface area (Å²) in [7, 11) is 0. The van der Waals surface area contributed by atoms with E-state index in [0.29, 0.717) is 19.3 Å². The molecule has 0 saturated carbocycles. The van der Waals surface area contributed by atoms with Crippen LogP contribution in [0.2, 0.25) is 0 Å². The molecular weight excluding hydrogens is 781 g/mol. The number of hydrogen-bond donors (Lipinski definition) is 0. The number of allylic oxidation sites excluding steroid dienone is 18. The Kier molecular flexibility index (Phi) is 47.5. The van der Waals surface area contributed by atoms with Crippen molar-refractivity contribution >= 4 is 17.9 Å². The first-order valence-corrected chi connectivity index (χ1v) is 25.4. The Labute approximate surface area is 387 Å². The van der Waals surface area contributed by atoms with Gasteiger partial charge >= 0.3 is 17.9 Å². The molecule has 0 aromatic carbocycles. The second-order valence-electron chi connectivity index (χ2n) is 16.4. The Bertz CT molecular complexity index is 1330. The zero-order valence-corrected chi connectivity index (χ0v) is 40.5. The lowest BCUT2D eigenvalue weighted by Gasteiger charge is -2.18. The van der Waals surface area contributed by atoms with Crippen LogP contribution in [0.3, 0.4) is 0 Å². The minimum Gasteiger partial charge on any atom is -0.462 e. The molecule has 0 aliphatic rings. The third-order valence-electron chi connectivity index (χ3n) is 10.3. The molecule has 0 aliphatic carbocycles. The molecule has 0 spiro atoms. The zero-order valence-electron chi connectivity index (χ0n) is 40.5. The van der Waals surface area contributed by atoms with Gasteiger partial charge in [0.15, 0.2) is 6.10 Å². The molecule has 0 aliphatic heterocycles. The molecule has 0 aromatic rings. The van der Waals surface area contributed by atoms with E-state index in [4.69, 9.17) is 14.2 Å². The fourth-order valence-electron chi connectivity index (χ4n) is 6.55. The number of rotatable bonds is 44. The maximum absolute atomic E-state index is 12.8. The van der Waals surface area contributed by atoms with Gasteiger partial charge in [-0.15, -0.1) is 0 Å². The first-order valence-electron chi connectivity index (χ1n) is 25.4. The van der Waals surface area contributed by atoms with Crippen molar-refractivity contribution in [3.63, 3.8) is 0 Å². The Hall–Kier alpha value is -3.93. The monoisotopic (exact) mass is 873 g/mol. The van der Waals surface area contributed by atoms with E-state index in [1.54, 1.807) is 0 Å². The summed E-state index contributed by atoms with van der Waals surface area (Å²) in [5, 5.41) is 0. The third-order valence-corrected chi connectivity index (χ3v) is 10.3. The topological polar surface area (TPSA) is 78.9 Å². The van der Waals surface area contributed by atoms with Gasteiger partial charge in [-0.2, -0.15) is 0 Å². The summed E-state index contributed by atoms with van der Waals surface area (Å²) in [6.07, 6.45) is 67.9. The van der Waals surface area contributed by atoms with E-state index >= 15 is 0 Å². The summed E-state index contributed by atoms with van der Waals surface area (Å²) < 4.78 is 16.7. The zero-order chi connectivity index (χ0) is 45.8. The highest BCUT2D eigenvalue weighted by molar-refractivity contribution is 5.71. The van der Waals surface area contributed by atoms with E-state index < -0.39 is 6.10 Å². The maximum Gasteiger partial charge on any atom is 0.306 e. The van der Waals surface area contributed by atoms with Gasteiger partial charge in [0, 0.05) is 19.3 Å². The molecule has 0 saturated heterocycles.